The van der Waals surface area contributed by atoms with Crippen LogP contribution in [0.15, 0.2) is 30.8 Å². The molecule has 0 aliphatic carbocycles. The van der Waals surface area contributed by atoms with Gasteiger partial charge in [0, 0.05) is 6.54 Å². The Bertz CT molecular complexity index is 366. The minimum atomic E-state index is 1.05. The molecule has 0 heterocycles. The van der Waals surface area contributed by atoms with Gasteiger partial charge in [-0.3, -0.25) is 0 Å². The van der Waals surface area contributed by atoms with Crippen LogP contribution in [-0.4, -0.2) is 18.5 Å². The molecule has 0 N–H and O–H groups in total. The van der Waals surface area contributed by atoms with Crippen LogP contribution in [0.25, 0.3) is 6.08 Å². The van der Waals surface area contributed by atoms with Gasteiger partial charge in [-0.2, -0.15) is 0 Å². The molecular formula is C20H33N. The second-order valence-electron chi connectivity index (χ2n) is 6.16. The number of benzene rings is 1. The van der Waals surface area contributed by atoms with E-state index >= 15 is 0 Å². The Morgan fingerprint density at radius 1 is 0.905 bits per heavy atom. The summed E-state index contributed by atoms with van der Waals surface area (Å²) in [6, 6.07) is 8.71. The van der Waals surface area contributed by atoms with E-state index in [4.69, 9.17) is 0 Å². The fourth-order valence-corrected chi connectivity index (χ4v) is 2.67. The standard InChI is InChI=1S/C20H33N/c1-4-6-7-8-9-10-11-12-17-21(3)18-20-15-13-19(5-2)14-16-20/h5,13-16H,2,4,6-12,17-18H2,1,3H3. The number of hydrogen-bond donors (Lipinski definition) is 0. The molecule has 0 unspecified atom stereocenters. The number of unbranched alkanes of at least 4 members (excludes halogenated alkanes) is 7. The van der Waals surface area contributed by atoms with Crippen LogP contribution in [0, 0.1) is 0 Å². The molecule has 1 rings (SSSR count). The van der Waals surface area contributed by atoms with Crippen LogP contribution in [0.1, 0.15) is 69.4 Å². The van der Waals surface area contributed by atoms with E-state index in [9.17, 15) is 0 Å². The van der Waals surface area contributed by atoms with Crippen LogP contribution in [0.3, 0.4) is 0 Å². The fourth-order valence-electron chi connectivity index (χ4n) is 2.67. The van der Waals surface area contributed by atoms with Crippen LogP contribution in [0.5, 0.6) is 0 Å². The molecule has 0 fully saturated rings. The molecule has 118 valence electrons. The Balaban J connectivity index is 2.05. The Morgan fingerprint density at radius 2 is 1.48 bits per heavy atom. The van der Waals surface area contributed by atoms with Gasteiger partial charge in [0.2, 0.25) is 0 Å². The summed E-state index contributed by atoms with van der Waals surface area (Å²) in [4.78, 5) is 2.43. The highest BCUT2D eigenvalue weighted by atomic mass is 15.1. The fraction of sp³-hybridized carbons (Fsp3) is 0.600. The van der Waals surface area contributed by atoms with Crippen LogP contribution >= 0.6 is 0 Å². The third kappa shape index (κ3) is 8.72. The highest BCUT2D eigenvalue weighted by Crippen LogP contribution is 2.10. The molecule has 0 saturated heterocycles. The first-order valence-corrected chi connectivity index (χ1v) is 8.66. The van der Waals surface area contributed by atoms with E-state index in [1.807, 2.05) is 6.08 Å². The summed E-state index contributed by atoms with van der Waals surface area (Å²) >= 11 is 0. The van der Waals surface area contributed by atoms with E-state index < -0.39 is 0 Å². The minimum absolute atomic E-state index is 1.05. The summed E-state index contributed by atoms with van der Waals surface area (Å²) in [5.74, 6) is 0. The zero-order chi connectivity index (χ0) is 15.3. The van der Waals surface area contributed by atoms with Gasteiger partial charge in [0.1, 0.15) is 0 Å². The lowest BCUT2D eigenvalue weighted by molar-refractivity contribution is 0.316. The zero-order valence-electron chi connectivity index (χ0n) is 14.1. The number of rotatable bonds is 12. The molecule has 0 amide bonds. The van der Waals surface area contributed by atoms with Crippen molar-refractivity contribution in [3.8, 4) is 0 Å². The van der Waals surface area contributed by atoms with Gasteiger partial charge in [-0.05, 0) is 31.1 Å². The Hall–Kier alpha value is -1.08. The van der Waals surface area contributed by atoms with E-state index in [1.54, 1.807) is 0 Å². The van der Waals surface area contributed by atoms with E-state index in [2.05, 4.69) is 49.7 Å². The van der Waals surface area contributed by atoms with Gasteiger partial charge in [-0.25, -0.2) is 0 Å². The SMILES string of the molecule is C=Cc1ccc(CN(C)CCCCCCCCCC)cc1. The van der Waals surface area contributed by atoms with Crippen molar-refractivity contribution in [3.63, 3.8) is 0 Å². The highest BCUT2D eigenvalue weighted by Gasteiger charge is 2.00. The van der Waals surface area contributed by atoms with E-state index in [0.717, 1.165) is 6.54 Å². The summed E-state index contributed by atoms with van der Waals surface area (Å²) in [6.07, 6.45) is 13.1. The lowest BCUT2D eigenvalue weighted by atomic mass is 10.1. The highest BCUT2D eigenvalue weighted by molar-refractivity contribution is 5.47. The summed E-state index contributed by atoms with van der Waals surface area (Å²) < 4.78 is 0. The third-order valence-corrected chi connectivity index (χ3v) is 4.06. The van der Waals surface area contributed by atoms with Crippen molar-refractivity contribution in [2.45, 2.75) is 64.8 Å². The summed E-state index contributed by atoms with van der Waals surface area (Å²) in [5, 5.41) is 0. The summed E-state index contributed by atoms with van der Waals surface area (Å²) in [5.41, 5.74) is 2.59. The van der Waals surface area contributed by atoms with Crippen LogP contribution < -0.4 is 0 Å². The molecule has 21 heavy (non-hydrogen) atoms. The maximum absolute atomic E-state index is 3.79. The van der Waals surface area contributed by atoms with Crippen molar-refractivity contribution in [2.75, 3.05) is 13.6 Å². The van der Waals surface area contributed by atoms with Crippen molar-refractivity contribution < 1.29 is 0 Å². The first-order valence-electron chi connectivity index (χ1n) is 8.66. The first kappa shape index (κ1) is 18.0. The Labute approximate surface area is 132 Å². The van der Waals surface area contributed by atoms with Crippen LogP contribution in [0.4, 0.5) is 0 Å². The molecule has 0 bridgehead atoms. The van der Waals surface area contributed by atoms with Gasteiger partial charge in [0.15, 0.2) is 0 Å². The minimum Gasteiger partial charge on any atom is -0.302 e. The van der Waals surface area contributed by atoms with Crippen LogP contribution in [0.2, 0.25) is 0 Å². The van der Waals surface area contributed by atoms with Crippen LogP contribution in [-0.2, 0) is 6.54 Å². The van der Waals surface area contributed by atoms with Crippen molar-refractivity contribution in [1.29, 1.82) is 0 Å². The van der Waals surface area contributed by atoms with Gasteiger partial charge in [-0.15, -0.1) is 0 Å². The molecule has 0 aliphatic rings. The van der Waals surface area contributed by atoms with Gasteiger partial charge >= 0.3 is 0 Å². The number of hydrogen-bond acceptors (Lipinski definition) is 1. The summed E-state index contributed by atoms with van der Waals surface area (Å²) in [6.45, 7) is 8.33. The average Bonchev–Trinajstić information content (AvgIpc) is 2.50. The molecular weight excluding hydrogens is 254 g/mol. The molecule has 0 aromatic heterocycles. The van der Waals surface area contributed by atoms with E-state index in [1.165, 1.54) is 69.0 Å². The summed E-state index contributed by atoms with van der Waals surface area (Å²) in [7, 11) is 2.22. The topological polar surface area (TPSA) is 3.24 Å². The van der Waals surface area contributed by atoms with Crippen molar-refractivity contribution in [3.05, 3.63) is 42.0 Å². The van der Waals surface area contributed by atoms with E-state index in [0.29, 0.717) is 0 Å². The quantitative estimate of drug-likeness (QED) is 0.432. The van der Waals surface area contributed by atoms with Crippen molar-refractivity contribution >= 4 is 6.08 Å². The molecule has 0 saturated carbocycles. The lowest BCUT2D eigenvalue weighted by Gasteiger charge is -2.16. The van der Waals surface area contributed by atoms with Gasteiger partial charge in [0.25, 0.3) is 0 Å². The normalized spacial score (nSPS) is 11.0. The van der Waals surface area contributed by atoms with Gasteiger partial charge in [-0.1, -0.05) is 88.8 Å². The first-order chi connectivity index (χ1) is 10.3. The molecule has 0 atom stereocenters. The Kier molecular flexibility index (Phi) is 9.90. The molecule has 1 heteroatoms. The van der Waals surface area contributed by atoms with Crippen molar-refractivity contribution in [1.82, 2.24) is 4.90 Å². The maximum atomic E-state index is 3.79. The van der Waals surface area contributed by atoms with Gasteiger partial charge < -0.3 is 4.90 Å². The predicted octanol–water partition coefficient (Wildman–Crippen LogP) is 5.90. The molecule has 1 aromatic carbocycles. The smallest absolute Gasteiger partial charge is 0.0230 e. The monoisotopic (exact) mass is 287 g/mol. The van der Waals surface area contributed by atoms with E-state index in [-0.39, 0.29) is 0 Å². The third-order valence-electron chi connectivity index (χ3n) is 4.06. The molecule has 1 aromatic rings. The maximum Gasteiger partial charge on any atom is 0.0230 e. The predicted molar refractivity (Wildman–Crippen MR) is 95.5 cm³/mol. The lowest BCUT2D eigenvalue weighted by Crippen LogP contribution is -2.19. The zero-order valence-corrected chi connectivity index (χ0v) is 14.1. The second-order valence-corrected chi connectivity index (χ2v) is 6.16. The van der Waals surface area contributed by atoms with Crippen molar-refractivity contribution in [2.24, 2.45) is 0 Å². The largest absolute Gasteiger partial charge is 0.302 e. The average molecular weight is 287 g/mol. The molecule has 0 radical (unpaired) electrons. The van der Waals surface area contributed by atoms with Gasteiger partial charge in [0.05, 0.1) is 0 Å². The Morgan fingerprint density at radius 3 is 2.05 bits per heavy atom. The molecule has 0 spiro atoms. The number of nitrogens with zero attached hydrogens (tertiary/aromatic N) is 1. The molecule has 0 aliphatic heterocycles. The molecule has 1 nitrogen and oxygen atoms in total. The second kappa shape index (κ2) is 11.6.